The number of anilines is 3. The molecule has 1 aromatic heterocycles. The minimum absolute atomic E-state index is 0.0698. The molecule has 1 aliphatic rings. The monoisotopic (exact) mass is 505 g/mol. The summed E-state index contributed by atoms with van der Waals surface area (Å²) < 4.78 is 34.7. The number of halogens is 2. The third-order valence-electron chi connectivity index (χ3n) is 5.58. The molecule has 2 amide bonds. The van der Waals surface area contributed by atoms with Gasteiger partial charge >= 0.3 is 0 Å². The molecule has 0 unspecified atom stereocenters. The van der Waals surface area contributed by atoms with E-state index >= 15 is 0 Å². The van der Waals surface area contributed by atoms with E-state index in [0.717, 1.165) is 6.07 Å². The predicted octanol–water partition coefficient (Wildman–Crippen LogP) is 5.24. The molecular weight excluding hydrogens is 488 g/mol. The van der Waals surface area contributed by atoms with Crippen LogP contribution in [0.3, 0.4) is 0 Å². The van der Waals surface area contributed by atoms with Crippen molar-refractivity contribution < 1.29 is 27.9 Å². The number of rotatable bonds is 5. The lowest BCUT2D eigenvalue weighted by molar-refractivity contribution is 0.0997. The zero-order valence-corrected chi connectivity index (χ0v) is 19.2. The van der Waals surface area contributed by atoms with Gasteiger partial charge in [-0.3, -0.25) is 14.4 Å². The topological polar surface area (TPSA) is 111 Å². The van der Waals surface area contributed by atoms with Gasteiger partial charge < -0.3 is 21.1 Å². The number of nitrogens with one attached hydrogen (secondary N) is 2. The van der Waals surface area contributed by atoms with Crippen LogP contribution in [0.5, 0.6) is 5.75 Å². The van der Waals surface area contributed by atoms with E-state index in [9.17, 15) is 23.2 Å². The summed E-state index contributed by atoms with van der Waals surface area (Å²) in [5.41, 5.74) is 6.77. The van der Waals surface area contributed by atoms with Gasteiger partial charge in [0.25, 0.3) is 5.91 Å². The maximum atomic E-state index is 14.5. The number of primary amides is 1. The zero-order chi connectivity index (χ0) is 25.4. The van der Waals surface area contributed by atoms with Crippen molar-refractivity contribution in [2.45, 2.75) is 6.61 Å². The number of hydrogen-bond acceptors (Lipinski definition) is 6. The third-order valence-corrected chi connectivity index (χ3v) is 6.45. The van der Waals surface area contributed by atoms with E-state index in [-0.39, 0.29) is 40.6 Å². The predicted molar refractivity (Wildman–Crippen MR) is 131 cm³/mol. The molecular formula is C26H17F2N3O4S. The van der Waals surface area contributed by atoms with Crippen molar-refractivity contribution in [3.05, 3.63) is 105 Å². The fourth-order valence-electron chi connectivity index (χ4n) is 3.76. The largest absolute Gasteiger partial charge is 0.488 e. The first-order valence-corrected chi connectivity index (χ1v) is 11.5. The van der Waals surface area contributed by atoms with Crippen LogP contribution in [0, 0.1) is 11.6 Å². The Morgan fingerprint density at radius 3 is 2.50 bits per heavy atom. The van der Waals surface area contributed by atoms with Crippen LogP contribution in [0.4, 0.5) is 25.8 Å². The number of ether oxygens (including phenoxy) is 1. The van der Waals surface area contributed by atoms with Crippen LogP contribution in [-0.4, -0.2) is 17.6 Å². The minimum atomic E-state index is -0.924. The van der Waals surface area contributed by atoms with E-state index in [2.05, 4.69) is 10.6 Å². The number of amides is 2. The van der Waals surface area contributed by atoms with Gasteiger partial charge in [0.05, 0.1) is 21.8 Å². The van der Waals surface area contributed by atoms with Crippen LogP contribution >= 0.6 is 11.3 Å². The van der Waals surface area contributed by atoms with Crippen LogP contribution in [0.2, 0.25) is 0 Å². The number of fused-ring (bicyclic) bond motifs is 2. The van der Waals surface area contributed by atoms with E-state index in [1.807, 2.05) is 0 Å². The molecule has 180 valence electrons. The second-order valence-electron chi connectivity index (χ2n) is 7.93. The van der Waals surface area contributed by atoms with Crippen LogP contribution in [0.15, 0.2) is 66.0 Å². The Kier molecular flexibility index (Phi) is 5.95. The lowest BCUT2D eigenvalue weighted by Gasteiger charge is -2.13. The second kappa shape index (κ2) is 9.23. The van der Waals surface area contributed by atoms with Crippen LogP contribution in [0.25, 0.3) is 0 Å². The quantitative estimate of drug-likeness (QED) is 0.343. The molecule has 0 saturated carbocycles. The molecule has 10 heteroatoms. The lowest BCUT2D eigenvalue weighted by Crippen LogP contribution is -2.13. The van der Waals surface area contributed by atoms with Gasteiger partial charge in [-0.1, -0.05) is 12.1 Å². The normalized spacial score (nSPS) is 12.1. The highest BCUT2D eigenvalue weighted by Crippen LogP contribution is 2.34. The molecule has 0 atom stereocenters. The van der Waals surface area contributed by atoms with E-state index in [0.29, 0.717) is 27.8 Å². The molecule has 0 spiro atoms. The van der Waals surface area contributed by atoms with E-state index in [1.54, 1.807) is 23.6 Å². The Morgan fingerprint density at radius 1 is 0.944 bits per heavy atom. The van der Waals surface area contributed by atoms with Crippen molar-refractivity contribution in [3.8, 4) is 5.75 Å². The number of benzene rings is 3. The third kappa shape index (κ3) is 4.41. The van der Waals surface area contributed by atoms with Crippen LogP contribution in [0.1, 0.15) is 41.5 Å². The van der Waals surface area contributed by atoms with Crippen LogP contribution in [-0.2, 0) is 6.61 Å². The molecule has 1 aliphatic heterocycles. The number of hydrogen-bond donors (Lipinski definition) is 3. The Morgan fingerprint density at radius 2 is 1.75 bits per heavy atom. The standard InChI is InChI=1S/C26H17F2N3O4S/c27-18-10-19(28)21(31-26(34)23-2-1-7-36-23)11-20(18)30-15-5-6-16-22(9-15)35-12-14-4-3-13(25(29)33)8-17(14)24(16)32/h1-11,30H,12H2,(H2,29,33)(H,31,34). The average Bonchev–Trinajstić information content (AvgIpc) is 3.36. The highest BCUT2D eigenvalue weighted by molar-refractivity contribution is 7.12. The molecule has 2 heterocycles. The summed E-state index contributed by atoms with van der Waals surface area (Å²) in [6, 6.07) is 14.2. The number of thiophene rings is 1. The fraction of sp³-hybridized carbons (Fsp3) is 0.0385. The van der Waals surface area contributed by atoms with Crippen molar-refractivity contribution in [2.75, 3.05) is 10.6 Å². The van der Waals surface area contributed by atoms with Gasteiger partial charge in [0.15, 0.2) is 5.78 Å². The van der Waals surface area contributed by atoms with Gasteiger partial charge in [-0.25, -0.2) is 8.78 Å². The molecule has 0 radical (unpaired) electrons. The minimum Gasteiger partial charge on any atom is -0.488 e. The average molecular weight is 506 g/mol. The Hall–Kier alpha value is -4.57. The van der Waals surface area contributed by atoms with Gasteiger partial charge in [0.2, 0.25) is 5.91 Å². The summed E-state index contributed by atoms with van der Waals surface area (Å²) in [5.74, 6) is -3.07. The highest BCUT2D eigenvalue weighted by atomic mass is 32.1. The molecule has 4 aromatic rings. The number of nitrogens with two attached hydrogens (primary N) is 1. The molecule has 0 bridgehead atoms. The van der Waals surface area contributed by atoms with E-state index in [4.69, 9.17) is 10.5 Å². The summed E-state index contributed by atoms with van der Waals surface area (Å²) in [6.45, 7) is 0.0698. The first-order valence-electron chi connectivity index (χ1n) is 10.7. The summed E-state index contributed by atoms with van der Waals surface area (Å²) >= 11 is 1.19. The summed E-state index contributed by atoms with van der Waals surface area (Å²) in [4.78, 5) is 37.3. The summed E-state index contributed by atoms with van der Waals surface area (Å²) in [5, 5.41) is 6.99. The van der Waals surface area contributed by atoms with Crippen molar-refractivity contribution in [1.29, 1.82) is 0 Å². The molecule has 4 N–H and O–H groups in total. The van der Waals surface area contributed by atoms with Crippen LogP contribution < -0.4 is 21.1 Å². The Balaban J connectivity index is 1.42. The molecule has 36 heavy (non-hydrogen) atoms. The van der Waals surface area contributed by atoms with Crippen molar-refractivity contribution in [2.24, 2.45) is 5.73 Å². The van der Waals surface area contributed by atoms with Gasteiger partial charge in [0.1, 0.15) is 24.0 Å². The van der Waals surface area contributed by atoms with Gasteiger partial charge in [-0.2, -0.15) is 0 Å². The smallest absolute Gasteiger partial charge is 0.265 e. The van der Waals surface area contributed by atoms with Gasteiger partial charge in [-0.05, 0) is 41.8 Å². The maximum Gasteiger partial charge on any atom is 0.265 e. The maximum absolute atomic E-state index is 14.5. The molecule has 0 aliphatic carbocycles. The molecule has 3 aromatic carbocycles. The molecule has 7 nitrogen and oxygen atoms in total. The fourth-order valence-corrected chi connectivity index (χ4v) is 4.38. The molecule has 0 fully saturated rings. The summed E-state index contributed by atoms with van der Waals surface area (Å²) in [7, 11) is 0. The SMILES string of the molecule is NC(=O)c1ccc2c(c1)C(=O)c1ccc(Nc3cc(NC(=O)c4cccs4)c(F)cc3F)cc1OC2. The molecule has 0 saturated heterocycles. The van der Waals surface area contributed by atoms with Gasteiger partial charge in [-0.15, -0.1) is 11.3 Å². The van der Waals surface area contributed by atoms with Crippen molar-refractivity contribution in [3.63, 3.8) is 0 Å². The summed E-state index contributed by atoms with van der Waals surface area (Å²) in [6.07, 6.45) is 0. The molecule has 5 rings (SSSR count). The van der Waals surface area contributed by atoms with Gasteiger partial charge in [0, 0.05) is 34.5 Å². The first-order chi connectivity index (χ1) is 17.3. The highest BCUT2D eigenvalue weighted by Gasteiger charge is 2.24. The Labute approximate surface area is 207 Å². The van der Waals surface area contributed by atoms with E-state index in [1.165, 1.54) is 41.7 Å². The lowest BCUT2D eigenvalue weighted by atomic mass is 9.96. The van der Waals surface area contributed by atoms with Crippen molar-refractivity contribution in [1.82, 2.24) is 0 Å². The number of carbonyl (C=O) groups excluding carboxylic acids is 3. The first kappa shape index (κ1) is 23.2. The zero-order valence-electron chi connectivity index (χ0n) is 18.4. The Bertz CT molecular complexity index is 1540. The van der Waals surface area contributed by atoms with Crippen molar-refractivity contribution >= 4 is 46.0 Å². The second-order valence-corrected chi connectivity index (χ2v) is 8.88. The number of carbonyl (C=O) groups is 3. The number of ketones is 1. The van der Waals surface area contributed by atoms with E-state index < -0.39 is 23.4 Å².